The maximum atomic E-state index is 5.97. The number of hydrogen-bond donors (Lipinski definition) is 1. The molecular weight excluding hydrogens is 198 g/mol. The van der Waals surface area contributed by atoms with Crippen molar-refractivity contribution < 1.29 is 0 Å². The van der Waals surface area contributed by atoms with Crippen LogP contribution in [0.4, 0.5) is 0 Å². The lowest BCUT2D eigenvalue weighted by molar-refractivity contribution is 0.0501. The SMILES string of the molecule is CCCC(C)(CN)N1CCC(N(C)C)CC1. The van der Waals surface area contributed by atoms with Crippen LogP contribution in [-0.2, 0) is 0 Å². The number of likely N-dealkylation sites (tertiary alicyclic amines) is 1. The van der Waals surface area contributed by atoms with E-state index in [0.29, 0.717) is 0 Å². The van der Waals surface area contributed by atoms with E-state index < -0.39 is 0 Å². The monoisotopic (exact) mass is 227 g/mol. The van der Waals surface area contributed by atoms with Gasteiger partial charge in [-0.15, -0.1) is 0 Å². The van der Waals surface area contributed by atoms with Crippen LogP contribution in [0, 0.1) is 0 Å². The van der Waals surface area contributed by atoms with Crippen molar-refractivity contribution in [3.8, 4) is 0 Å². The predicted molar refractivity (Wildman–Crippen MR) is 70.6 cm³/mol. The largest absolute Gasteiger partial charge is 0.329 e. The van der Waals surface area contributed by atoms with Crippen LogP contribution in [0.25, 0.3) is 0 Å². The minimum Gasteiger partial charge on any atom is -0.329 e. The van der Waals surface area contributed by atoms with Crippen LogP contribution >= 0.6 is 0 Å². The average molecular weight is 227 g/mol. The zero-order chi connectivity index (χ0) is 12.2. The molecule has 1 saturated heterocycles. The number of piperidine rings is 1. The first-order valence-electron chi connectivity index (χ1n) is 6.65. The molecule has 0 bridgehead atoms. The molecule has 96 valence electrons. The van der Waals surface area contributed by atoms with Crippen molar-refractivity contribution in [2.45, 2.75) is 51.1 Å². The van der Waals surface area contributed by atoms with Crippen LogP contribution in [0.1, 0.15) is 39.5 Å². The van der Waals surface area contributed by atoms with Crippen molar-refractivity contribution in [3.63, 3.8) is 0 Å². The van der Waals surface area contributed by atoms with Gasteiger partial charge in [-0.2, -0.15) is 0 Å². The molecule has 1 aliphatic heterocycles. The topological polar surface area (TPSA) is 32.5 Å². The molecule has 1 aliphatic rings. The molecule has 0 amide bonds. The van der Waals surface area contributed by atoms with Crippen LogP contribution in [0.2, 0.25) is 0 Å². The molecule has 1 atom stereocenters. The second-order valence-electron chi connectivity index (χ2n) is 5.63. The maximum absolute atomic E-state index is 5.97. The Balaban J connectivity index is 2.51. The fourth-order valence-electron chi connectivity index (χ4n) is 2.85. The Kier molecular flexibility index (Phi) is 5.22. The van der Waals surface area contributed by atoms with Gasteiger partial charge in [-0.1, -0.05) is 13.3 Å². The molecular formula is C13H29N3. The Hall–Kier alpha value is -0.120. The van der Waals surface area contributed by atoms with Gasteiger partial charge in [0.05, 0.1) is 0 Å². The molecule has 1 rings (SSSR count). The highest BCUT2D eigenvalue weighted by Crippen LogP contribution is 2.25. The lowest BCUT2D eigenvalue weighted by atomic mass is 9.90. The number of hydrogen-bond acceptors (Lipinski definition) is 3. The van der Waals surface area contributed by atoms with Crippen molar-refractivity contribution in [1.82, 2.24) is 9.80 Å². The van der Waals surface area contributed by atoms with Crippen molar-refractivity contribution in [2.24, 2.45) is 5.73 Å². The van der Waals surface area contributed by atoms with Gasteiger partial charge in [0.25, 0.3) is 0 Å². The summed E-state index contributed by atoms with van der Waals surface area (Å²) in [6.45, 7) is 7.77. The Labute approximate surface area is 101 Å². The number of rotatable bonds is 5. The van der Waals surface area contributed by atoms with E-state index in [9.17, 15) is 0 Å². The van der Waals surface area contributed by atoms with Gasteiger partial charge >= 0.3 is 0 Å². The summed E-state index contributed by atoms with van der Waals surface area (Å²) in [7, 11) is 4.38. The number of nitrogens with zero attached hydrogens (tertiary/aromatic N) is 2. The Morgan fingerprint density at radius 3 is 2.25 bits per heavy atom. The van der Waals surface area contributed by atoms with Gasteiger partial charge in [-0.25, -0.2) is 0 Å². The minimum absolute atomic E-state index is 0.228. The van der Waals surface area contributed by atoms with Crippen LogP contribution < -0.4 is 5.73 Å². The smallest absolute Gasteiger partial charge is 0.0303 e. The molecule has 2 N–H and O–H groups in total. The summed E-state index contributed by atoms with van der Waals surface area (Å²) in [6.07, 6.45) is 5.01. The van der Waals surface area contributed by atoms with E-state index in [0.717, 1.165) is 12.6 Å². The highest BCUT2D eigenvalue weighted by Gasteiger charge is 2.32. The molecule has 3 nitrogen and oxygen atoms in total. The predicted octanol–water partition coefficient (Wildman–Crippen LogP) is 1.53. The zero-order valence-corrected chi connectivity index (χ0v) is 11.5. The Bertz CT molecular complexity index is 197. The number of nitrogens with two attached hydrogens (primary N) is 1. The quantitative estimate of drug-likeness (QED) is 0.773. The van der Waals surface area contributed by atoms with Crippen molar-refractivity contribution in [3.05, 3.63) is 0 Å². The summed E-state index contributed by atoms with van der Waals surface area (Å²) in [5.74, 6) is 0. The van der Waals surface area contributed by atoms with E-state index >= 15 is 0 Å². The molecule has 1 fully saturated rings. The van der Waals surface area contributed by atoms with E-state index in [1.54, 1.807) is 0 Å². The third kappa shape index (κ3) is 3.19. The first-order valence-corrected chi connectivity index (χ1v) is 6.65. The molecule has 0 aromatic carbocycles. The van der Waals surface area contributed by atoms with Gasteiger partial charge in [0.1, 0.15) is 0 Å². The standard InChI is InChI=1S/C13H29N3/c1-5-8-13(2,11-14)16-9-6-12(7-10-16)15(3)4/h12H,5-11,14H2,1-4H3. The van der Waals surface area contributed by atoms with Gasteiger partial charge in [-0.05, 0) is 40.3 Å². The van der Waals surface area contributed by atoms with Crippen molar-refractivity contribution in [1.29, 1.82) is 0 Å². The highest BCUT2D eigenvalue weighted by molar-refractivity contribution is 4.90. The summed E-state index contributed by atoms with van der Waals surface area (Å²) >= 11 is 0. The van der Waals surface area contributed by atoms with Gasteiger partial charge in [0.2, 0.25) is 0 Å². The van der Waals surface area contributed by atoms with Gasteiger partial charge in [0, 0.05) is 31.2 Å². The maximum Gasteiger partial charge on any atom is 0.0303 e. The first-order chi connectivity index (χ1) is 7.53. The van der Waals surface area contributed by atoms with Gasteiger partial charge in [-0.3, -0.25) is 4.90 Å². The molecule has 0 aliphatic carbocycles. The minimum atomic E-state index is 0.228. The summed E-state index contributed by atoms with van der Waals surface area (Å²) in [5, 5.41) is 0. The molecule has 0 spiro atoms. The summed E-state index contributed by atoms with van der Waals surface area (Å²) < 4.78 is 0. The van der Waals surface area contributed by atoms with E-state index in [4.69, 9.17) is 5.73 Å². The van der Waals surface area contributed by atoms with Gasteiger partial charge in [0.15, 0.2) is 0 Å². The second kappa shape index (κ2) is 5.99. The third-order valence-electron chi connectivity index (χ3n) is 4.19. The van der Waals surface area contributed by atoms with Crippen molar-refractivity contribution in [2.75, 3.05) is 33.7 Å². The van der Waals surface area contributed by atoms with E-state index in [-0.39, 0.29) is 5.54 Å². The van der Waals surface area contributed by atoms with Crippen LogP contribution in [0.15, 0.2) is 0 Å². The van der Waals surface area contributed by atoms with Crippen molar-refractivity contribution >= 4 is 0 Å². The fraction of sp³-hybridized carbons (Fsp3) is 1.00. The third-order valence-corrected chi connectivity index (χ3v) is 4.19. The highest BCUT2D eigenvalue weighted by atomic mass is 15.2. The molecule has 16 heavy (non-hydrogen) atoms. The summed E-state index contributed by atoms with van der Waals surface area (Å²) in [5.41, 5.74) is 6.19. The molecule has 1 heterocycles. The Morgan fingerprint density at radius 2 is 1.88 bits per heavy atom. The summed E-state index contributed by atoms with van der Waals surface area (Å²) in [6, 6.07) is 0.764. The fourth-order valence-corrected chi connectivity index (χ4v) is 2.85. The van der Waals surface area contributed by atoms with E-state index in [1.165, 1.54) is 38.8 Å². The van der Waals surface area contributed by atoms with Crippen LogP contribution in [0.3, 0.4) is 0 Å². The molecule has 1 unspecified atom stereocenters. The van der Waals surface area contributed by atoms with Crippen LogP contribution in [-0.4, -0.2) is 55.1 Å². The average Bonchev–Trinajstić information content (AvgIpc) is 2.29. The zero-order valence-electron chi connectivity index (χ0n) is 11.5. The lowest BCUT2D eigenvalue weighted by Crippen LogP contribution is -2.56. The summed E-state index contributed by atoms with van der Waals surface area (Å²) in [4.78, 5) is 4.97. The van der Waals surface area contributed by atoms with E-state index in [1.807, 2.05) is 0 Å². The van der Waals surface area contributed by atoms with Gasteiger partial charge < -0.3 is 10.6 Å². The Morgan fingerprint density at radius 1 is 1.31 bits per heavy atom. The first kappa shape index (κ1) is 13.9. The molecule has 3 heteroatoms. The molecule has 0 saturated carbocycles. The van der Waals surface area contributed by atoms with E-state index in [2.05, 4.69) is 37.7 Å². The molecule has 0 aromatic heterocycles. The molecule has 0 radical (unpaired) electrons. The second-order valence-corrected chi connectivity index (χ2v) is 5.63. The molecule has 0 aromatic rings. The normalized spacial score (nSPS) is 23.6. The lowest BCUT2D eigenvalue weighted by Gasteiger charge is -2.45. The van der Waals surface area contributed by atoms with Crippen LogP contribution in [0.5, 0.6) is 0 Å².